The topological polar surface area (TPSA) is 75.7 Å². The van der Waals surface area contributed by atoms with E-state index < -0.39 is 21.7 Å². The maximum atomic E-state index is 13.6. The minimum atomic E-state index is -3.53. The van der Waals surface area contributed by atoms with Gasteiger partial charge in [-0.05, 0) is 42.5 Å². The Labute approximate surface area is 153 Å². The normalized spacial score (nSPS) is 11.4. The van der Waals surface area contributed by atoms with Crippen LogP contribution in [0.25, 0.3) is 0 Å². The summed E-state index contributed by atoms with van der Waals surface area (Å²) in [5.41, 5.74) is 0.405. The van der Waals surface area contributed by atoms with Gasteiger partial charge in [0.25, 0.3) is 5.91 Å². The summed E-state index contributed by atoms with van der Waals surface area (Å²) in [6.07, 6.45) is 0. The Bertz CT molecular complexity index is 870. The number of nitrogens with one attached hydrogen (secondary N) is 1. The van der Waals surface area contributed by atoms with E-state index in [1.54, 1.807) is 6.07 Å². The van der Waals surface area contributed by atoms with Crippen LogP contribution >= 0.6 is 15.9 Å². The van der Waals surface area contributed by atoms with Gasteiger partial charge in [0, 0.05) is 24.3 Å². The van der Waals surface area contributed by atoms with Gasteiger partial charge in [-0.1, -0.05) is 15.9 Å². The zero-order valence-electron chi connectivity index (χ0n) is 13.5. The van der Waals surface area contributed by atoms with E-state index >= 15 is 0 Å². The van der Waals surface area contributed by atoms with Crippen LogP contribution in [0, 0.1) is 5.82 Å². The van der Waals surface area contributed by atoms with Gasteiger partial charge < -0.3 is 10.1 Å². The molecule has 0 atom stereocenters. The van der Waals surface area contributed by atoms with Gasteiger partial charge in [-0.25, -0.2) is 17.1 Å². The first-order valence-corrected chi connectivity index (χ1v) is 9.34. The van der Waals surface area contributed by atoms with Crippen molar-refractivity contribution in [3.63, 3.8) is 0 Å². The molecule has 25 heavy (non-hydrogen) atoms. The number of anilines is 1. The highest BCUT2D eigenvalue weighted by Gasteiger charge is 2.16. The van der Waals surface area contributed by atoms with E-state index in [2.05, 4.69) is 21.2 Å². The summed E-state index contributed by atoms with van der Waals surface area (Å²) >= 11 is 3.13. The molecule has 9 heteroatoms. The Morgan fingerprint density at radius 3 is 2.40 bits per heavy atom. The van der Waals surface area contributed by atoms with Gasteiger partial charge in [-0.15, -0.1) is 0 Å². The number of ether oxygens (including phenoxy) is 1. The minimum Gasteiger partial charge on any atom is -0.481 e. The molecule has 0 saturated carbocycles. The van der Waals surface area contributed by atoms with E-state index in [4.69, 9.17) is 4.74 Å². The van der Waals surface area contributed by atoms with E-state index in [1.165, 1.54) is 50.5 Å². The molecule has 0 aliphatic rings. The summed E-state index contributed by atoms with van der Waals surface area (Å²) in [5, 5.41) is 2.55. The largest absolute Gasteiger partial charge is 0.481 e. The van der Waals surface area contributed by atoms with Crippen LogP contribution in [0.3, 0.4) is 0 Å². The number of sulfonamides is 1. The van der Waals surface area contributed by atoms with E-state index in [0.29, 0.717) is 10.2 Å². The number of carbonyl (C=O) groups excluding carboxylic acids is 1. The van der Waals surface area contributed by atoms with Crippen molar-refractivity contribution < 1.29 is 22.3 Å². The molecular weight excluding hydrogens is 415 g/mol. The molecule has 0 fully saturated rings. The number of amides is 1. The van der Waals surface area contributed by atoms with Crippen LogP contribution < -0.4 is 10.1 Å². The van der Waals surface area contributed by atoms with Crippen LogP contribution in [-0.2, 0) is 14.8 Å². The number of hydrogen-bond acceptors (Lipinski definition) is 4. The predicted octanol–water partition coefficient (Wildman–Crippen LogP) is 2.86. The molecule has 1 N–H and O–H groups in total. The maximum Gasteiger partial charge on any atom is 0.262 e. The van der Waals surface area contributed by atoms with E-state index in [-0.39, 0.29) is 17.3 Å². The van der Waals surface area contributed by atoms with Crippen molar-refractivity contribution in [3.8, 4) is 5.75 Å². The summed E-state index contributed by atoms with van der Waals surface area (Å²) in [6, 6.07) is 9.95. The minimum absolute atomic E-state index is 0.0363. The van der Waals surface area contributed by atoms with Crippen molar-refractivity contribution in [2.75, 3.05) is 26.0 Å². The monoisotopic (exact) mass is 430 g/mol. The fraction of sp³-hybridized carbons (Fsp3) is 0.188. The fourth-order valence-corrected chi connectivity index (χ4v) is 3.09. The predicted molar refractivity (Wildman–Crippen MR) is 95.5 cm³/mol. The van der Waals surface area contributed by atoms with Crippen LogP contribution in [0.15, 0.2) is 51.8 Å². The Hall–Kier alpha value is -1.97. The van der Waals surface area contributed by atoms with Crippen LogP contribution in [0.1, 0.15) is 0 Å². The number of rotatable bonds is 6. The summed E-state index contributed by atoms with van der Waals surface area (Å²) < 4.78 is 44.3. The SMILES string of the molecule is CN(C)S(=O)(=O)c1ccc(NC(=O)COc2ccc(Br)cc2F)cc1. The lowest BCUT2D eigenvalue weighted by Gasteiger charge is -2.12. The number of hydrogen-bond donors (Lipinski definition) is 1. The van der Waals surface area contributed by atoms with Gasteiger partial charge in [0.05, 0.1) is 4.90 Å². The summed E-state index contributed by atoms with van der Waals surface area (Å²) in [6.45, 7) is -0.379. The van der Waals surface area contributed by atoms with Gasteiger partial charge in [0.1, 0.15) is 0 Å². The molecule has 0 heterocycles. The molecule has 0 saturated heterocycles. The molecule has 0 aliphatic heterocycles. The van der Waals surface area contributed by atoms with E-state index in [0.717, 1.165) is 4.31 Å². The van der Waals surface area contributed by atoms with Gasteiger partial charge in [0.2, 0.25) is 10.0 Å². The highest BCUT2D eigenvalue weighted by molar-refractivity contribution is 9.10. The third-order valence-corrected chi connectivity index (χ3v) is 5.49. The standard InChI is InChI=1S/C16H16BrFN2O4S/c1-20(2)25(22,23)13-6-4-12(5-7-13)19-16(21)10-24-15-8-3-11(17)9-14(15)18/h3-9H,10H2,1-2H3,(H,19,21). The highest BCUT2D eigenvalue weighted by Crippen LogP contribution is 2.21. The lowest BCUT2D eigenvalue weighted by molar-refractivity contribution is -0.118. The van der Waals surface area contributed by atoms with Gasteiger partial charge >= 0.3 is 0 Å². The summed E-state index contributed by atoms with van der Waals surface area (Å²) in [7, 11) is -0.658. The van der Waals surface area contributed by atoms with Crippen molar-refractivity contribution >= 4 is 37.5 Å². The Morgan fingerprint density at radius 2 is 1.84 bits per heavy atom. The molecule has 0 aromatic heterocycles. The molecule has 2 aromatic carbocycles. The average Bonchev–Trinajstić information content (AvgIpc) is 2.54. The number of carbonyl (C=O) groups is 1. The molecule has 0 unspecified atom stereocenters. The average molecular weight is 431 g/mol. The molecule has 1 amide bonds. The van der Waals surface area contributed by atoms with Gasteiger partial charge in [-0.2, -0.15) is 0 Å². The molecular formula is C16H16BrFN2O4S. The molecule has 2 aromatic rings. The molecule has 134 valence electrons. The van der Waals surface area contributed by atoms with Crippen molar-refractivity contribution in [2.45, 2.75) is 4.90 Å². The molecule has 6 nitrogen and oxygen atoms in total. The molecule has 0 radical (unpaired) electrons. The van der Waals surface area contributed by atoms with Crippen molar-refractivity contribution in [1.29, 1.82) is 0 Å². The molecule has 0 aliphatic carbocycles. The second-order valence-corrected chi connectivity index (χ2v) is 8.29. The second kappa shape index (κ2) is 7.94. The first-order valence-electron chi connectivity index (χ1n) is 7.10. The quantitative estimate of drug-likeness (QED) is 0.764. The lowest BCUT2D eigenvalue weighted by atomic mass is 10.3. The third kappa shape index (κ3) is 5.00. The Morgan fingerprint density at radius 1 is 1.20 bits per heavy atom. The lowest BCUT2D eigenvalue weighted by Crippen LogP contribution is -2.22. The molecule has 0 spiro atoms. The second-order valence-electron chi connectivity index (χ2n) is 5.22. The van der Waals surface area contributed by atoms with Crippen LogP contribution in [0.2, 0.25) is 0 Å². The van der Waals surface area contributed by atoms with Crippen molar-refractivity contribution in [1.82, 2.24) is 4.31 Å². The van der Waals surface area contributed by atoms with Crippen LogP contribution in [-0.4, -0.2) is 39.3 Å². The van der Waals surface area contributed by atoms with Crippen LogP contribution in [0.4, 0.5) is 10.1 Å². The number of nitrogens with zero attached hydrogens (tertiary/aromatic N) is 1. The summed E-state index contributed by atoms with van der Waals surface area (Å²) in [4.78, 5) is 12.0. The van der Waals surface area contributed by atoms with E-state index in [9.17, 15) is 17.6 Å². The first-order chi connectivity index (χ1) is 11.7. The zero-order valence-corrected chi connectivity index (χ0v) is 15.9. The highest BCUT2D eigenvalue weighted by atomic mass is 79.9. The molecule has 2 rings (SSSR count). The number of halogens is 2. The Kier molecular flexibility index (Phi) is 6.15. The first kappa shape index (κ1) is 19.4. The van der Waals surface area contributed by atoms with Gasteiger partial charge in [0.15, 0.2) is 18.2 Å². The number of benzene rings is 2. The van der Waals surface area contributed by atoms with E-state index in [1.807, 2.05) is 0 Å². The van der Waals surface area contributed by atoms with Crippen LogP contribution in [0.5, 0.6) is 5.75 Å². The molecule has 0 bridgehead atoms. The maximum absolute atomic E-state index is 13.6. The smallest absolute Gasteiger partial charge is 0.262 e. The summed E-state index contributed by atoms with van der Waals surface area (Å²) in [5.74, 6) is -1.11. The third-order valence-electron chi connectivity index (χ3n) is 3.17. The van der Waals surface area contributed by atoms with Gasteiger partial charge in [-0.3, -0.25) is 4.79 Å². The van der Waals surface area contributed by atoms with Crippen molar-refractivity contribution in [2.24, 2.45) is 0 Å². The van der Waals surface area contributed by atoms with Crippen molar-refractivity contribution in [3.05, 3.63) is 52.8 Å². The Balaban J connectivity index is 1.97. The fourth-order valence-electron chi connectivity index (χ4n) is 1.85. The zero-order chi connectivity index (χ0) is 18.6.